The number of rotatable bonds is 7. The normalized spacial score (nSPS) is 9.44. The van der Waals surface area contributed by atoms with Gasteiger partial charge < -0.3 is 35.7 Å². The van der Waals surface area contributed by atoms with E-state index < -0.39 is 41.8 Å². The molecule has 0 spiro atoms. The minimum absolute atomic E-state index is 0.0186. The summed E-state index contributed by atoms with van der Waals surface area (Å²) in [6.45, 7) is 0. The highest BCUT2D eigenvalue weighted by Gasteiger charge is 2.14. The lowest BCUT2D eigenvalue weighted by molar-refractivity contribution is 0.0671. The Labute approximate surface area is 217 Å². The molecule has 14 heteroatoms. The van der Waals surface area contributed by atoms with Crippen molar-refractivity contribution in [2.75, 3.05) is 0 Å². The summed E-state index contributed by atoms with van der Waals surface area (Å²) in [5.74, 6) is -8.50. The predicted octanol–water partition coefficient (Wildman–Crippen LogP) is 2.95. The maximum Gasteiger partial charge on any atom is 0.335 e. The molecule has 0 amide bonds. The predicted molar refractivity (Wildman–Crippen MR) is 128 cm³/mol. The van der Waals surface area contributed by atoms with Crippen molar-refractivity contribution >= 4 is 41.8 Å². The quantitative estimate of drug-likeness (QED) is 0.226. The van der Waals surface area contributed by atoms with Gasteiger partial charge in [0.05, 0.1) is 38.9 Å². The van der Waals surface area contributed by atoms with Gasteiger partial charge >= 0.3 is 41.8 Å². The van der Waals surface area contributed by atoms with E-state index in [0.717, 1.165) is 24.3 Å². The Morgan fingerprint density at radius 1 is 0.308 bits per heavy atom. The molecule has 7 N–H and O–H groups in total. The highest BCUT2D eigenvalue weighted by molar-refractivity contribution is 5.99. The zero-order valence-electron chi connectivity index (χ0n) is 19.3. The van der Waals surface area contributed by atoms with E-state index in [2.05, 4.69) is 0 Å². The average Bonchev–Trinajstić information content (AvgIpc) is 2.89. The topological polar surface area (TPSA) is 261 Å². The average molecular weight is 542 g/mol. The first-order valence-electron chi connectivity index (χ1n) is 10.1. The number of carboxylic acid groups (broad SMARTS) is 7. The van der Waals surface area contributed by atoms with Crippen LogP contribution in [0.1, 0.15) is 72.5 Å². The molecule has 0 unspecified atom stereocenters. The van der Waals surface area contributed by atoms with Crippen LogP contribution in [-0.4, -0.2) is 77.5 Å². The largest absolute Gasteiger partial charge is 0.478 e. The van der Waals surface area contributed by atoms with Crippen LogP contribution in [0.4, 0.5) is 0 Å². The van der Waals surface area contributed by atoms with Gasteiger partial charge in [-0.1, -0.05) is 6.07 Å². The van der Waals surface area contributed by atoms with Crippen molar-refractivity contribution in [3.8, 4) is 0 Å². The van der Waals surface area contributed by atoms with Gasteiger partial charge in [-0.2, -0.15) is 0 Å². The number of carbonyl (C=O) groups is 7. The second kappa shape index (κ2) is 13.9. The van der Waals surface area contributed by atoms with Gasteiger partial charge in [-0.25, -0.2) is 33.6 Å². The van der Waals surface area contributed by atoms with Gasteiger partial charge in [0.25, 0.3) is 0 Å². The first-order valence-corrected chi connectivity index (χ1v) is 10.1. The summed E-state index contributed by atoms with van der Waals surface area (Å²) >= 11 is 0. The summed E-state index contributed by atoms with van der Waals surface area (Å²) < 4.78 is 0. The molecule has 0 aromatic heterocycles. The summed E-state index contributed by atoms with van der Waals surface area (Å²) in [5, 5.41) is 59.8. The van der Waals surface area contributed by atoms with Gasteiger partial charge in [-0.05, 0) is 60.7 Å². The number of hydrogen-bond donors (Lipinski definition) is 7. The maximum atomic E-state index is 10.6. The third kappa shape index (κ3) is 9.85. The van der Waals surface area contributed by atoms with Crippen molar-refractivity contribution in [1.29, 1.82) is 0 Å². The van der Waals surface area contributed by atoms with Gasteiger partial charge in [0, 0.05) is 0 Å². The molecule has 0 bridgehead atoms. The van der Waals surface area contributed by atoms with Gasteiger partial charge in [0.15, 0.2) is 0 Å². The first-order chi connectivity index (χ1) is 18.1. The van der Waals surface area contributed by atoms with Crippen LogP contribution in [0.5, 0.6) is 0 Å². The molecule has 3 rings (SSSR count). The van der Waals surface area contributed by atoms with Crippen LogP contribution in [0.2, 0.25) is 0 Å². The molecule has 14 nitrogen and oxygen atoms in total. The lowest BCUT2D eigenvalue weighted by Crippen LogP contribution is -2.07. The Hall–Kier alpha value is -6.05. The fraction of sp³-hybridized carbons (Fsp3) is 0. The summed E-state index contributed by atoms with van der Waals surface area (Å²) in [6, 6.07) is 12.9. The lowest BCUT2D eigenvalue weighted by atomic mass is 10.1. The molecular formula is C25H18O14. The van der Waals surface area contributed by atoms with Gasteiger partial charge in [-0.15, -0.1) is 0 Å². The molecule has 202 valence electrons. The van der Waals surface area contributed by atoms with Gasteiger partial charge in [-0.3, -0.25) is 0 Å². The van der Waals surface area contributed by atoms with E-state index in [9.17, 15) is 33.6 Å². The van der Waals surface area contributed by atoms with Crippen molar-refractivity contribution in [1.82, 2.24) is 0 Å². The Morgan fingerprint density at radius 3 is 0.718 bits per heavy atom. The molecule has 0 saturated heterocycles. The minimum atomic E-state index is -1.37. The van der Waals surface area contributed by atoms with Crippen LogP contribution in [0.3, 0.4) is 0 Å². The molecule has 0 saturated carbocycles. The van der Waals surface area contributed by atoms with Crippen molar-refractivity contribution in [3.05, 3.63) is 106 Å². The Kier molecular flexibility index (Phi) is 11.0. The number of carboxylic acids is 7. The molecule has 3 aromatic rings. The molecule has 0 atom stereocenters. The van der Waals surface area contributed by atoms with E-state index in [-0.39, 0.29) is 38.9 Å². The van der Waals surface area contributed by atoms with E-state index in [4.69, 9.17) is 35.7 Å². The lowest BCUT2D eigenvalue weighted by Gasteiger charge is -2.00. The second-order valence-corrected chi connectivity index (χ2v) is 7.09. The molecule has 0 aliphatic heterocycles. The summed E-state index contributed by atoms with van der Waals surface area (Å²) in [6.07, 6.45) is 0. The smallest absolute Gasteiger partial charge is 0.335 e. The molecule has 0 aliphatic rings. The zero-order chi connectivity index (χ0) is 29.9. The van der Waals surface area contributed by atoms with Crippen LogP contribution in [0.15, 0.2) is 66.7 Å². The van der Waals surface area contributed by atoms with Crippen LogP contribution in [-0.2, 0) is 0 Å². The monoisotopic (exact) mass is 542 g/mol. The van der Waals surface area contributed by atoms with Crippen molar-refractivity contribution < 1.29 is 69.3 Å². The molecule has 0 aliphatic carbocycles. The molecule has 0 fully saturated rings. The van der Waals surface area contributed by atoms with Crippen LogP contribution in [0.25, 0.3) is 0 Å². The minimum Gasteiger partial charge on any atom is -0.478 e. The molecular weight excluding hydrogens is 524 g/mol. The van der Waals surface area contributed by atoms with E-state index in [1.54, 1.807) is 0 Å². The Morgan fingerprint density at radius 2 is 0.513 bits per heavy atom. The molecule has 39 heavy (non-hydrogen) atoms. The van der Waals surface area contributed by atoms with E-state index in [1.165, 1.54) is 42.5 Å². The van der Waals surface area contributed by atoms with E-state index in [0.29, 0.717) is 0 Å². The van der Waals surface area contributed by atoms with Crippen LogP contribution < -0.4 is 0 Å². The van der Waals surface area contributed by atoms with Gasteiger partial charge in [0.1, 0.15) is 0 Å². The van der Waals surface area contributed by atoms with E-state index in [1.807, 2.05) is 0 Å². The third-order valence-electron chi connectivity index (χ3n) is 4.41. The number of aromatic carboxylic acids is 7. The van der Waals surface area contributed by atoms with Crippen molar-refractivity contribution in [3.63, 3.8) is 0 Å². The maximum absolute atomic E-state index is 10.6. The molecule has 0 heterocycles. The standard InChI is InChI=1S/C9H6O6.2C8H6O4/c10-7(11)4-1-5(8(12)13)3-6(2-4)9(14)15;9-7(10)5-1-2-6(4-3-5)8(11)12;9-7(10)5-2-1-3-6(4-5)8(11)12/h1-3H,(H,10,11)(H,12,13)(H,14,15);2*1-4H,(H,9,10)(H,11,12). The van der Waals surface area contributed by atoms with Gasteiger partial charge in [0.2, 0.25) is 0 Å². The third-order valence-corrected chi connectivity index (χ3v) is 4.41. The Balaban J connectivity index is 0.000000295. The highest BCUT2D eigenvalue weighted by atomic mass is 16.4. The van der Waals surface area contributed by atoms with Crippen LogP contribution >= 0.6 is 0 Å². The number of benzene rings is 3. The number of hydrogen-bond acceptors (Lipinski definition) is 7. The molecule has 3 aromatic carbocycles. The Bertz CT molecular complexity index is 1300. The summed E-state index contributed by atoms with van der Waals surface area (Å²) in [5.41, 5.74) is -0.975. The highest BCUT2D eigenvalue weighted by Crippen LogP contribution is 2.11. The van der Waals surface area contributed by atoms with Crippen molar-refractivity contribution in [2.45, 2.75) is 0 Å². The fourth-order valence-electron chi connectivity index (χ4n) is 2.54. The van der Waals surface area contributed by atoms with Crippen LogP contribution in [0, 0.1) is 0 Å². The SMILES string of the molecule is O=C(O)c1cc(C(=O)O)cc(C(=O)O)c1.O=C(O)c1ccc(C(=O)O)cc1.O=C(O)c1cccc(C(=O)O)c1. The summed E-state index contributed by atoms with van der Waals surface area (Å²) in [7, 11) is 0. The first kappa shape index (κ1) is 31.0. The van der Waals surface area contributed by atoms with Crippen molar-refractivity contribution in [2.24, 2.45) is 0 Å². The zero-order valence-corrected chi connectivity index (χ0v) is 19.3. The molecule has 0 radical (unpaired) electrons. The second-order valence-electron chi connectivity index (χ2n) is 7.09. The van der Waals surface area contributed by atoms with E-state index >= 15 is 0 Å². The fourth-order valence-corrected chi connectivity index (χ4v) is 2.54. The summed E-state index contributed by atoms with van der Waals surface area (Å²) in [4.78, 5) is 73.1.